The summed E-state index contributed by atoms with van der Waals surface area (Å²) in [5, 5.41) is 0.180. The number of nitrogens with zero attached hydrogens (tertiary/aromatic N) is 1. The van der Waals surface area contributed by atoms with Crippen LogP contribution < -0.4 is 9.47 Å². The van der Waals surface area contributed by atoms with Crippen LogP contribution in [0.3, 0.4) is 0 Å². The van der Waals surface area contributed by atoms with E-state index in [-0.39, 0.29) is 22.6 Å². The van der Waals surface area contributed by atoms with Crippen LogP contribution in [0.1, 0.15) is 5.56 Å². The van der Waals surface area contributed by atoms with Crippen LogP contribution in [0, 0.1) is 0 Å². The minimum Gasteiger partial charge on any atom is -0.454 e. The van der Waals surface area contributed by atoms with Crippen LogP contribution in [0.4, 0.5) is 13.2 Å². The van der Waals surface area contributed by atoms with Crippen molar-refractivity contribution in [3.05, 3.63) is 54.2 Å². The van der Waals surface area contributed by atoms with Gasteiger partial charge in [-0.05, 0) is 36.4 Å². The Morgan fingerprint density at radius 2 is 1.72 bits per heavy atom. The molecule has 2 heterocycles. The van der Waals surface area contributed by atoms with E-state index < -0.39 is 21.8 Å². The Kier molecular flexibility index (Phi) is 3.26. The maximum atomic E-state index is 12.8. The van der Waals surface area contributed by atoms with E-state index in [0.29, 0.717) is 11.5 Å². The molecule has 130 valence electrons. The van der Waals surface area contributed by atoms with Crippen molar-refractivity contribution >= 4 is 20.9 Å². The molecule has 25 heavy (non-hydrogen) atoms. The number of benzene rings is 2. The fraction of sp³-hybridized carbons (Fsp3) is 0.125. The van der Waals surface area contributed by atoms with Crippen molar-refractivity contribution in [2.75, 3.05) is 6.79 Å². The Morgan fingerprint density at radius 1 is 0.960 bits per heavy atom. The average molecular weight is 369 g/mol. The summed E-state index contributed by atoms with van der Waals surface area (Å²) in [5.74, 6) is 0.739. The van der Waals surface area contributed by atoms with Crippen molar-refractivity contribution in [2.45, 2.75) is 11.1 Å². The highest BCUT2D eigenvalue weighted by Crippen LogP contribution is 2.36. The molecule has 2 aromatic carbocycles. The zero-order valence-electron chi connectivity index (χ0n) is 12.4. The molecular formula is C16H10F3NO4S. The zero-order valence-corrected chi connectivity index (χ0v) is 13.3. The lowest BCUT2D eigenvalue weighted by Gasteiger charge is -2.10. The van der Waals surface area contributed by atoms with E-state index in [2.05, 4.69) is 0 Å². The van der Waals surface area contributed by atoms with Crippen LogP contribution in [-0.4, -0.2) is 19.2 Å². The molecule has 0 saturated heterocycles. The predicted molar refractivity (Wildman–Crippen MR) is 82.1 cm³/mol. The lowest BCUT2D eigenvalue weighted by Crippen LogP contribution is -2.12. The Morgan fingerprint density at radius 3 is 2.48 bits per heavy atom. The first-order valence-electron chi connectivity index (χ1n) is 7.10. The molecule has 0 aliphatic carbocycles. The van der Waals surface area contributed by atoms with Crippen LogP contribution in [0.25, 0.3) is 10.9 Å². The topological polar surface area (TPSA) is 57.5 Å². The van der Waals surface area contributed by atoms with Crippen molar-refractivity contribution in [1.82, 2.24) is 3.97 Å². The molecule has 0 radical (unpaired) electrons. The molecule has 0 bridgehead atoms. The van der Waals surface area contributed by atoms with Gasteiger partial charge >= 0.3 is 6.18 Å². The Balaban J connectivity index is 1.83. The molecule has 1 aromatic heterocycles. The summed E-state index contributed by atoms with van der Waals surface area (Å²) < 4.78 is 75.3. The Labute approximate surface area is 140 Å². The normalized spacial score (nSPS) is 14.2. The standard InChI is InChI=1S/C16H10F3NO4S/c17-16(18,19)11-1-3-13-10(7-11)5-6-20(13)25(21,22)12-2-4-14-15(8-12)24-9-23-14/h1-8H,9H2. The van der Waals surface area contributed by atoms with E-state index in [0.717, 1.165) is 22.2 Å². The molecule has 0 unspecified atom stereocenters. The van der Waals surface area contributed by atoms with E-state index in [1.165, 1.54) is 30.5 Å². The van der Waals surface area contributed by atoms with E-state index in [1.54, 1.807) is 0 Å². The Bertz CT molecular complexity index is 1090. The van der Waals surface area contributed by atoms with Gasteiger partial charge in [-0.1, -0.05) is 0 Å². The van der Waals surface area contributed by atoms with Gasteiger partial charge in [0.15, 0.2) is 11.5 Å². The maximum Gasteiger partial charge on any atom is 0.416 e. The summed E-state index contributed by atoms with van der Waals surface area (Å²) in [6.07, 6.45) is -3.27. The first-order valence-corrected chi connectivity index (χ1v) is 8.54. The monoisotopic (exact) mass is 369 g/mol. The number of halogens is 3. The fourth-order valence-electron chi connectivity index (χ4n) is 2.65. The number of hydrogen-bond donors (Lipinski definition) is 0. The van der Waals surface area contributed by atoms with Gasteiger partial charge in [-0.3, -0.25) is 0 Å². The number of ether oxygens (including phenoxy) is 2. The maximum absolute atomic E-state index is 12.8. The highest BCUT2D eigenvalue weighted by molar-refractivity contribution is 7.90. The van der Waals surface area contributed by atoms with Crippen LogP contribution in [0.15, 0.2) is 53.6 Å². The molecule has 3 aromatic rings. The minimum atomic E-state index is -4.49. The molecule has 0 spiro atoms. The van der Waals surface area contributed by atoms with Crippen molar-refractivity contribution in [3.8, 4) is 11.5 Å². The van der Waals surface area contributed by atoms with Crippen molar-refractivity contribution in [2.24, 2.45) is 0 Å². The molecule has 1 aliphatic heterocycles. The molecular weight excluding hydrogens is 359 g/mol. The number of aromatic nitrogens is 1. The predicted octanol–water partition coefficient (Wildman–Crippen LogP) is 3.63. The number of rotatable bonds is 2. The third kappa shape index (κ3) is 2.51. The molecule has 0 fully saturated rings. The quantitative estimate of drug-likeness (QED) is 0.692. The summed E-state index contributed by atoms with van der Waals surface area (Å²) >= 11 is 0. The minimum absolute atomic E-state index is 0.00546. The van der Waals surface area contributed by atoms with Gasteiger partial charge in [0.25, 0.3) is 10.0 Å². The van der Waals surface area contributed by atoms with Crippen molar-refractivity contribution < 1.29 is 31.1 Å². The summed E-state index contributed by atoms with van der Waals surface area (Å²) in [6, 6.07) is 8.40. The summed E-state index contributed by atoms with van der Waals surface area (Å²) in [5.41, 5.74) is -0.677. The molecule has 0 saturated carbocycles. The second kappa shape index (κ2) is 5.16. The molecule has 1 aliphatic rings. The zero-order chi connectivity index (χ0) is 17.8. The van der Waals surface area contributed by atoms with Gasteiger partial charge in [0, 0.05) is 17.6 Å². The van der Waals surface area contributed by atoms with Crippen molar-refractivity contribution in [1.29, 1.82) is 0 Å². The van der Waals surface area contributed by atoms with Crippen LogP contribution >= 0.6 is 0 Å². The summed E-state index contributed by atoms with van der Waals surface area (Å²) in [4.78, 5) is -0.0471. The third-order valence-corrected chi connectivity index (χ3v) is 5.57. The van der Waals surface area contributed by atoms with Crippen LogP contribution in [0.5, 0.6) is 11.5 Å². The average Bonchev–Trinajstić information content (AvgIpc) is 3.19. The van der Waals surface area contributed by atoms with Crippen LogP contribution in [0.2, 0.25) is 0 Å². The van der Waals surface area contributed by atoms with Gasteiger partial charge in [0.05, 0.1) is 16.0 Å². The molecule has 4 rings (SSSR count). The van der Waals surface area contributed by atoms with Crippen molar-refractivity contribution in [3.63, 3.8) is 0 Å². The van der Waals surface area contributed by atoms with E-state index in [9.17, 15) is 21.6 Å². The number of fused-ring (bicyclic) bond motifs is 2. The SMILES string of the molecule is O=S(=O)(c1ccc2c(c1)OCO2)n1ccc2cc(C(F)(F)F)ccc21. The second-order valence-electron chi connectivity index (χ2n) is 5.40. The second-order valence-corrected chi connectivity index (χ2v) is 7.22. The first-order chi connectivity index (χ1) is 11.8. The highest BCUT2D eigenvalue weighted by atomic mass is 32.2. The summed E-state index contributed by atoms with van der Waals surface area (Å²) in [7, 11) is -3.99. The lowest BCUT2D eigenvalue weighted by molar-refractivity contribution is -0.137. The number of alkyl halides is 3. The smallest absolute Gasteiger partial charge is 0.416 e. The molecule has 0 N–H and O–H groups in total. The lowest BCUT2D eigenvalue weighted by atomic mass is 10.1. The van der Waals surface area contributed by atoms with Gasteiger partial charge in [-0.2, -0.15) is 13.2 Å². The Hall–Kier alpha value is -2.68. The fourth-order valence-corrected chi connectivity index (χ4v) is 4.02. The number of hydrogen-bond acceptors (Lipinski definition) is 4. The highest BCUT2D eigenvalue weighted by Gasteiger charge is 2.31. The van der Waals surface area contributed by atoms with Gasteiger partial charge in [0.1, 0.15) is 0 Å². The summed E-state index contributed by atoms with van der Waals surface area (Å²) in [6.45, 7) is 0.00546. The molecule has 5 nitrogen and oxygen atoms in total. The van der Waals surface area contributed by atoms with Gasteiger partial charge in [-0.15, -0.1) is 0 Å². The van der Waals surface area contributed by atoms with E-state index in [4.69, 9.17) is 9.47 Å². The van der Waals surface area contributed by atoms with E-state index >= 15 is 0 Å². The van der Waals surface area contributed by atoms with Gasteiger partial charge < -0.3 is 9.47 Å². The third-order valence-electron chi connectivity index (χ3n) is 3.88. The molecule has 9 heteroatoms. The van der Waals surface area contributed by atoms with Gasteiger partial charge in [-0.25, -0.2) is 12.4 Å². The van der Waals surface area contributed by atoms with E-state index in [1.807, 2.05) is 0 Å². The molecule has 0 amide bonds. The molecule has 0 atom stereocenters. The largest absolute Gasteiger partial charge is 0.454 e. The first kappa shape index (κ1) is 15.8. The van der Waals surface area contributed by atoms with Crippen LogP contribution in [-0.2, 0) is 16.2 Å². The van der Waals surface area contributed by atoms with Gasteiger partial charge in [0.2, 0.25) is 6.79 Å².